The molecule has 0 aliphatic rings. The molecular formula is C9H14N2O3. The highest BCUT2D eigenvalue weighted by atomic mass is 16.4. The monoisotopic (exact) mass is 198 g/mol. The minimum absolute atomic E-state index is 0.368. The number of carboxylic acid groups (broad SMARTS) is 1. The van der Waals surface area contributed by atoms with Crippen LogP contribution in [0.25, 0.3) is 0 Å². The van der Waals surface area contributed by atoms with Gasteiger partial charge in [-0.2, -0.15) is 5.10 Å². The quantitative estimate of drug-likeness (QED) is 0.718. The molecule has 0 fully saturated rings. The van der Waals surface area contributed by atoms with Crippen LogP contribution in [0.4, 0.5) is 0 Å². The molecule has 0 saturated heterocycles. The first kappa shape index (κ1) is 10.7. The lowest BCUT2D eigenvalue weighted by atomic mass is 9.94. The van der Waals surface area contributed by atoms with Gasteiger partial charge >= 0.3 is 5.97 Å². The SMILES string of the molecule is Cc1nn(C)c(C)c1C(C)(O)C(=O)O. The summed E-state index contributed by atoms with van der Waals surface area (Å²) in [7, 11) is 1.71. The van der Waals surface area contributed by atoms with E-state index in [1.165, 1.54) is 6.92 Å². The van der Waals surface area contributed by atoms with Crippen LogP contribution < -0.4 is 0 Å². The standard InChI is InChI=1S/C9H14N2O3/c1-5-7(6(2)11(4)10-5)9(3,14)8(12)13/h14H,1-4H3,(H,12,13). The van der Waals surface area contributed by atoms with Gasteiger partial charge in [-0.1, -0.05) is 0 Å². The smallest absolute Gasteiger partial charge is 0.340 e. The number of aromatic nitrogens is 2. The molecule has 5 heteroatoms. The normalized spacial score (nSPS) is 15.2. The van der Waals surface area contributed by atoms with Crippen molar-refractivity contribution in [2.45, 2.75) is 26.4 Å². The van der Waals surface area contributed by atoms with E-state index >= 15 is 0 Å². The first-order valence-electron chi connectivity index (χ1n) is 4.25. The van der Waals surface area contributed by atoms with Crippen LogP contribution in [0, 0.1) is 13.8 Å². The van der Waals surface area contributed by atoms with E-state index in [0.717, 1.165) is 0 Å². The Hall–Kier alpha value is -1.36. The summed E-state index contributed by atoms with van der Waals surface area (Å²) in [4.78, 5) is 10.8. The molecule has 0 aliphatic carbocycles. The largest absolute Gasteiger partial charge is 0.479 e. The van der Waals surface area contributed by atoms with E-state index < -0.39 is 11.6 Å². The topological polar surface area (TPSA) is 75.3 Å². The Labute approximate surface area is 82.0 Å². The van der Waals surface area contributed by atoms with Crippen LogP contribution in [-0.2, 0) is 17.4 Å². The van der Waals surface area contributed by atoms with Gasteiger partial charge in [0.15, 0.2) is 5.60 Å². The van der Waals surface area contributed by atoms with Crippen molar-refractivity contribution in [1.82, 2.24) is 9.78 Å². The minimum atomic E-state index is -1.87. The van der Waals surface area contributed by atoms with Crippen LogP contribution in [0.15, 0.2) is 0 Å². The first-order valence-corrected chi connectivity index (χ1v) is 4.25. The molecular weight excluding hydrogens is 184 g/mol. The lowest BCUT2D eigenvalue weighted by Gasteiger charge is -2.18. The van der Waals surface area contributed by atoms with Crippen molar-refractivity contribution in [3.05, 3.63) is 17.0 Å². The van der Waals surface area contributed by atoms with Gasteiger partial charge in [0.05, 0.1) is 5.69 Å². The van der Waals surface area contributed by atoms with Gasteiger partial charge in [-0.05, 0) is 20.8 Å². The van der Waals surface area contributed by atoms with Crippen LogP contribution in [-0.4, -0.2) is 26.0 Å². The lowest BCUT2D eigenvalue weighted by molar-refractivity contribution is -0.157. The zero-order chi connectivity index (χ0) is 11.1. The fourth-order valence-electron chi connectivity index (χ4n) is 1.59. The van der Waals surface area contributed by atoms with Gasteiger partial charge in [-0.15, -0.1) is 0 Å². The summed E-state index contributed by atoms with van der Waals surface area (Å²) >= 11 is 0. The molecule has 2 N–H and O–H groups in total. The highest BCUT2D eigenvalue weighted by molar-refractivity contribution is 5.79. The molecule has 78 valence electrons. The highest BCUT2D eigenvalue weighted by Gasteiger charge is 2.37. The zero-order valence-corrected chi connectivity index (χ0v) is 8.70. The molecule has 1 atom stereocenters. The number of carboxylic acids is 1. The number of hydrogen-bond acceptors (Lipinski definition) is 3. The second-order valence-corrected chi connectivity index (χ2v) is 3.55. The third-order valence-electron chi connectivity index (χ3n) is 2.41. The molecule has 0 aliphatic heterocycles. The Balaban J connectivity index is 3.38. The average Bonchev–Trinajstić information content (AvgIpc) is 2.26. The van der Waals surface area contributed by atoms with Crippen molar-refractivity contribution >= 4 is 5.97 Å². The summed E-state index contributed by atoms with van der Waals surface area (Å²) in [6, 6.07) is 0. The maximum absolute atomic E-state index is 10.8. The van der Waals surface area contributed by atoms with Gasteiger partial charge < -0.3 is 10.2 Å². The molecule has 0 saturated carbocycles. The predicted molar refractivity (Wildman–Crippen MR) is 49.9 cm³/mol. The second kappa shape index (κ2) is 3.09. The number of aryl methyl sites for hydroxylation is 2. The maximum atomic E-state index is 10.8. The average molecular weight is 198 g/mol. The van der Waals surface area contributed by atoms with Crippen LogP contribution in [0.5, 0.6) is 0 Å². The molecule has 1 unspecified atom stereocenters. The van der Waals surface area contributed by atoms with E-state index in [4.69, 9.17) is 5.11 Å². The van der Waals surface area contributed by atoms with Crippen molar-refractivity contribution in [3.63, 3.8) is 0 Å². The molecule has 0 amide bonds. The molecule has 1 aromatic heterocycles. The van der Waals surface area contributed by atoms with Crippen LogP contribution >= 0.6 is 0 Å². The number of hydrogen-bond donors (Lipinski definition) is 2. The van der Waals surface area contributed by atoms with Crippen molar-refractivity contribution < 1.29 is 15.0 Å². The Morgan fingerprint density at radius 3 is 2.29 bits per heavy atom. The van der Waals surface area contributed by atoms with Gasteiger partial charge in [0.2, 0.25) is 0 Å². The van der Waals surface area contributed by atoms with E-state index in [-0.39, 0.29) is 0 Å². The fourth-order valence-corrected chi connectivity index (χ4v) is 1.59. The fraction of sp³-hybridized carbons (Fsp3) is 0.556. The Morgan fingerprint density at radius 1 is 1.50 bits per heavy atom. The van der Waals surface area contributed by atoms with E-state index in [0.29, 0.717) is 17.0 Å². The number of rotatable bonds is 2. The second-order valence-electron chi connectivity index (χ2n) is 3.55. The summed E-state index contributed by atoms with van der Waals surface area (Å²) in [5.41, 5.74) is -0.303. The van der Waals surface area contributed by atoms with Crippen molar-refractivity contribution in [2.24, 2.45) is 7.05 Å². The minimum Gasteiger partial charge on any atom is -0.479 e. The van der Waals surface area contributed by atoms with Crippen LogP contribution in [0.1, 0.15) is 23.9 Å². The van der Waals surface area contributed by atoms with Gasteiger partial charge in [0, 0.05) is 18.3 Å². The molecule has 0 bridgehead atoms. The lowest BCUT2D eigenvalue weighted by Crippen LogP contribution is -2.33. The Kier molecular flexibility index (Phi) is 2.37. The number of carbonyl (C=O) groups is 1. The summed E-state index contributed by atoms with van der Waals surface area (Å²) < 4.78 is 1.56. The molecule has 1 rings (SSSR count). The van der Waals surface area contributed by atoms with Crippen LogP contribution in [0.3, 0.4) is 0 Å². The van der Waals surface area contributed by atoms with Gasteiger partial charge in [-0.3, -0.25) is 4.68 Å². The molecule has 5 nitrogen and oxygen atoms in total. The van der Waals surface area contributed by atoms with Gasteiger partial charge in [0.25, 0.3) is 0 Å². The van der Waals surface area contributed by atoms with Crippen LogP contribution in [0.2, 0.25) is 0 Å². The molecule has 14 heavy (non-hydrogen) atoms. The molecule has 0 aromatic carbocycles. The van der Waals surface area contributed by atoms with Crippen molar-refractivity contribution in [2.75, 3.05) is 0 Å². The molecule has 1 aromatic rings. The molecule has 0 radical (unpaired) electrons. The summed E-state index contributed by atoms with van der Waals surface area (Å²) in [6.45, 7) is 4.67. The van der Waals surface area contributed by atoms with E-state index in [1.54, 1.807) is 25.6 Å². The number of aliphatic carboxylic acids is 1. The third-order valence-corrected chi connectivity index (χ3v) is 2.41. The van der Waals surface area contributed by atoms with Gasteiger partial charge in [0.1, 0.15) is 0 Å². The summed E-state index contributed by atoms with van der Waals surface area (Å²) in [5, 5.41) is 22.7. The summed E-state index contributed by atoms with van der Waals surface area (Å²) in [5.74, 6) is -1.27. The Bertz CT molecular complexity index is 380. The number of nitrogens with zero attached hydrogens (tertiary/aromatic N) is 2. The zero-order valence-electron chi connectivity index (χ0n) is 8.70. The van der Waals surface area contributed by atoms with E-state index in [9.17, 15) is 9.90 Å². The highest BCUT2D eigenvalue weighted by Crippen LogP contribution is 2.26. The van der Waals surface area contributed by atoms with E-state index in [2.05, 4.69) is 5.10 Å². The third kappa shape index (κ3) is 1.39. The molecule has 0 spiro atoms. The first-order chi connectivity index (χ1) is 6.28. The predicted octanol–water partition coefficient (Wildman–Crippen LogP) is 0.329. The maximum Gasteiger partial charge on any atom is 0.340 e. The van der Waals surface area contributed by atoms with Crippen molar-refractivity contribution in [3.8, 4) is 0 Å². The summed E-state index contributed by atoms with van der Waals surface area (Å²) in [6.07, 6.45) is 0. The van der Waals surface area contributed by atoms with Gasteiger partial charge in [-0.25, -0.2) is 4.79 Å². The number of aliphatic hydroxyl groups is 1. The molecule has 1 heterocycles. The van der Waals surface area contributed by atoms with Crippen molar-refractivity contribution in [1.29, 1.82) is 0 Å². The Morgan fingerprint density at radius 2 is 2.00 bits per heavy atom. The van der Waals surface area contributed by atoms with E-state index in [1.807, 2.05) is 0 Å².